The highest BCUT2D eigenvalue weighted by molar-refractivity contribution is 5.94. The molecular formula is C66H92N4O14. The lowest BCUT2D eigenvalue weighted by molar-refractivity contribution is 0.0176. The molecule has 0 spiro atoms. The fourth-order valence-electron chi connectivity index (χ4n) is 7.79. The number of carboxylic acids is 1. The van der Waals surface area contributed by atoms with Crippen LogP contribution >= 0.6 is 0 Å². The molecule has 18 heteroatoms. The molecule has 0 saturated carbocycles. The van der Waals surface area contributed by atoms with Gasteiger partial charge in [-0.25, -0.2) is 14.4 Å². The molecule has 18 nitrogen and oxygen atoms in total. The van der Waals surface area contributed by atoms with Crippen molar-refractivity contribution in [1.29, 1.82) is 0 Å². The molecule has 84 heavy (non-hydrogen) atoms. The zero-order valence-electron chi connectivity index (χ0n) is 52.3. The first kappa shape index (κ1) is 74.4. The Bertz CT molecular complexity index is 3040. The van der Waals surface area contributed by atoms with Gasteiger partial charge in [0.15, 0.2) is 0 Å². The number of H-pyrrole nitrogens is 2. The molecular weight excluding hydrogens is 1070 g/mol. The standard InChI is InChI=1S/C20H26N2O3.C13H18O3.C12H16O3.C10H12O3.C8H12N2O.C3H8O/c1-12(2)25-15(5)16-6-8-17(9-7-16)19(23)21-11-18-13(3)10-14(4)22-20(18)24;1-9(2)16-10(3)11-5-7-12(8-6-11)13(14)15-4;1-8(2)15-9(3)10-4-6-11(7-5-10)12(13)14;1-7(11)8-3-5-9(6-4-8)10(12)13-2;1-5-3-6(2)10-8(11)7(5)4-9;1-3(2)4/h6-10,12,15H,11H2,1-5H3,(H,21,23)(H,22,24);5-10H,1-4H3;4-9H,1-3H3,(H,13,14);3-7,11H,1-2H3;3H,4,9H2,1-2H3,(H,10,11);3-4H,1-2H3. The molecule has 0 aliphatic heterocycles. The highest BCUT2D eigenvalue weighted by Crippen LogP contribution is 2.22. The molecule has 8 N–H and O–H groups in total. The van der Waals surface area contributed by atoms with E-state index < -0.39 is 12.1 Å². The third kappa shape index (κ3) is 28.1. The maximum atomic E-state index is 12.3. The number of methoxy groups -OCH3 is 2. The number of nitrogens with one attached hydrogen (secondary N) is 3. The summed E-state index contributed by atoms with van der Waals surface area (Å²) in [5.41, 5.74) is 15.7. The number of amides is 1. The van der Waals surface area contributed by atoms with Crippen molar-refractivity contribution in [3.05, 3.63) is 208 Å². The summed E-state index contributed by atoms with van der Waals surface area (Å²) in [6, 6.07) is 31.9. The number of carboxylic acid groups (broad SMARTS) is 1. The van der Waals surface area contributed by atoms with Crippen LogP contribution in [0.4, 0.5) is 0 Å². The SMILES string of the molecule is CC(C)O.CC(C)OC(C)c1ccc(C(=O)O)cc1.COC(=O)c1ccc(C(C)O)cc1.COC(=O)c1ccc(C(C)OC(C)C)cc1.Cc1cc(C)c(CN)c(=O)[nH]1.Cc1cc(C)c(CNC(=O)c2ccc(C(C)OC(C)C)cc2)c(=O)[nH]1. The van der Waals surface area contributed by atoms with Crippen LogP contribution in [0.3, 0.4) is 0 Å². The monoisotopic (exact) mass is 1160 g/mol. The van der Waals surface area contributed by atoms with Crippen LogP contribution in [0.25, 0.3) is 0 Å². The number of aryl methyl sites for hydroxylation is 4. The Morgan fingerprint density at radius 2 is 0.786 bits per heavy atom. The van der Waals surface area contributed by atoms with Crippen molar-refractivity contribution < 1.29 is 58.2 Å². The molecule has 0 aliphatic carbocycles. The van der Waals surface area contributed by atoms with Crippen LogP contribution in [0, 0.1) is 27.7 Å². The Labute approximate surface area is 496 Å². The molecule has 2 aromatic heterocycles. The van der Waals surface area contributed by atoms with Crippen LogP contribution in [0.5, 0.6) is 0 Å². The summed E-state index contributed by atoms with van der Waals surface area (Å²) in [5.74, 6) is -1.79. The van der Waals surface area contributed by atoms with Gasteiger partial charge in [-0.3, -0.25) is 14.4 Å². The molecule has 6 aromatic rings. The van der Waals surface area contributed by atoms with Crippen LogP contribution in [0.15, 0.2) is 119 Å². The molecule has 1 amide bonds. The number of ether oxygens (including phenoxy) is 5. The number of benzene rings is 4. The molecule has 460 valence electrons. The first-order valence-corrected chi connectivity index (χ1v) is 27.8. The molecule has 4 unspecified atom stereocenters. The van der Waals surface area contributed by atoms with Gasteiger partial charge in [0.25, 0.3) is 17.0 Å². The molecule has 0 aliphatic rings. The van der Waals surface area contributed by atoms with Crippen molar-refractivity contribution >= 4 is 23.8 Å². The zero-order valence-corrected chi connectivity index (χ0v) is 52.3. The second-order valence-electron chi connectivity index (χ2n) is 20.8. The third-order valence-corrected chi connectivity index (χ3v) is 11.9. The first-order valence-electron chi connectivity index (χ1n) is 27.8. The predicted octanol–water partition coefficient (Wildman–Crippen LogP) is 11.6. The molecule has 0 bridgehead atoms. The second-order valence-corrected chi connectivity index (χ2v) is 20.8. The van der Waals surface area contributed by atoms with Crippen LogP contribution < -0.4 is 22.2 Å². The van der Waals surface area contributed by atoms with Crippen LogP contribution in [-0.2, 0) is 36.8 Å². The Kier molecular flexibility index (Phi) is 33.9. The van der Waals surface area contributed by atoms with E-state index in [-0.39, 0.29) is 78.2 Å². The summed E-state index contributed by atoms with van der Waals surface area (Å²) in [6.45, 7) is 31.0. The number of aliphatic hydroxyl groups excluding tert-OH is 2. The third-order valence-electron chi connectivity index (χ3n) is 11.9. The van der Waals surface area contributed by atoms with Gasteiger partial charge in [0.2, 0.25) is 0 Å². The van der Waals surface area contributed by atoms with Crippen LogP contribution in [0.1, 0.15) is 205 Å². The summed E-state index contributed by atoms with van der Waals surface area (Å²) in [7, 11) is 2.71. The highest BCUT2D eigenvalue weighted by Gasteiger charge is 2.14. The number of carbonyl (C=O) groups is 4. The predicted molar refractivity (Wildman–Crippen MR) is 329 cm³/mol. The molecule has 4 atom stereocenters. The van der Waals surface area contributed by atoms with E-state index in [4.69, 9.17) is 30.2 Å². The zero-order chi connectivity index (χ0) is 64.0. The van der Waals surface area contributed by atoms with E-state index >= 15 is 0 Å². The molecule has 0 saturated heterocycles. The van der Waals surface area contributed by atoms with Gasteiger partial charge in [0.05, 0.1) is 73.6 Å². The average molecular weight is 1170 g/mol. The fraction of sp³-hybridized carbons (Fsp3) is 0.424. The van der Waals surface area contributed by atoms with E-state index in [1.54, 1.807) is 93.6 Å². The minimum Gasteiger partial charge on any atom is -0.478 e. The maximum absolute atomic E-state index is 12.3. The second kappa shape index (κ2) is 38.3. The summed E-state index contributed by atoms with van der Waals surface area (Å²) in [5, 5.41) is 28.8. The number of esters is 2. The summed E-state index contributed by atoms with van der Waals surface area (Å²) in [4.78, 5) is 73.8. The fourth-order valence-corrected chi connectivity index (χ4v) is 7.79. The number of aromatic amines is 2. The van der Waals surface area contributed by atoms with E-state index in [0.717, 1.165) is 44.8 Å². The van der Waals surface area contributed by atoms with Crippen LogP contribution in [0.2, 0.25) is 0 Å². The number of rotatable bonds is 17. The number of hydrogen-bond donors (Lipinski definition) is 7. The Morgan fingerprint density at radius 1 is 0.488 bits per heavy atom. The summed E-state index contributed by atoms with van der Waals surface area (Å²) in [6.07, 6.45) is -0.166. The van der Waals surface area contributed by atoms with E-state index in [1.165, 1.54) is 14.2 Å². The molecule has 6 rings (SSSR count). The molecule has 0 fully saturated rings. The molecule has 4 aromatic carbocycles. The van der Waals surface area contributed by atoms with Gasteiger partial charge in [-0.05, 0) is 205 Å². The number of pyridine rings is 2. The van der Waals surface area contributed by atoms with Gasteiger partial charge in [0.1, 0.15) is 0 Å². The molecule has 0 radical (unpaired) electrons. The van der Waals surface area contributed by atoms with Crippen molar-refractivity contribution in [2.45, 2.75) is 173 Å². The lowest BCUT2D eigenvalue weighted by Gasteiger charge is -2.16. The van der Waals surface area contributed by atoms with E-state index in [2.05, 4.69) is 24.8 Å². The lowest BCUT2D eigenvalue weighted by Crippen LogP contribution is -2.27. The number of aliphatic hydroxyl groups is 2. The number of aromatic carboxylic acids is 1. The van der Waals surface area contributed by atoms with Gasteiger partial charge in [-0.1, -0.05) is 48.5 Å². The Hall–Kier alpha value is -7.58. The van der Waals surface area contributed by atoms with Crippen molar-refractivity contribution in [2.75, 3.05) is 14.2 Å². The van der Waals surface area contributed by atoms with E-state index in [1.807, 2.05) is 126 Å². The number of aromatic nitrogens is 2. The van der Waals surface area contributed by atoms with E-state index in [0.29, 0.717) is 39.9 Å². The summed E-state index contributed by atoms with van der Waals surface area (Å²) >= 11 is 0. The average Bonchev–Trinajstić information content (AvgIpc) is 3.65. The van der Waals surface area contributed by atoms with Gasteiger partial charge in [0, 0.05) is 47.3 Å². The minimum atomic E-state index is -0.904. The lowest BCUT2D eigenvalue weighted by atomic mass is 10.1. The number of carbonyl (C=O) groups excluding carboxylic acids is 3. The maximum Gasteiger partial charge on any atom is 0.337 e. The Balaban J connectivity index is 0.000000531. The minimum absolute atomic E-state index is 0.00663. The number of hydrogen-bond acceptors (Lipinski definition) is 14. The van der Waals surface area contributed by atoms with Crippen molar-refractivity contribution in [3.8, 4) is 0 Å². The molecule has 2 heterocycles. The van der Waals surface area contributed by atoms with Gasteiger partial charge in [-0.2, -0.15) is 0 Å². The number of nitrogens with two attached hydrogens (primary N) is 1. The normalized spacial score (nSPS) is 12.0. The largest absolute Gasteiger partial charge is 0.478 e. The van der Waals surface area contributed by atoms with Crippen LogP contribution in [-0.4, -0.2) is 87.7 Å². The van der Waals surface area contributed by atoms with Gasteiger partial charge < -0.3 is 60.0 Å². The quantitative estimate of drug-likeness (QED) is 0.0418. The smallest absolute Gasteiger partial charge is 0.337 e. The van der Waals surface area contributed by atoms with Crippen molar-refractivity contribution in [3.63, 3.8) is 0 Å². The van der Waals surface area contributed by atoms with Crippen molar-refractivity contribution in [2.24, 2.45) is 5.73 Å². The van der Waals surface area contributed by atoms with Gasteiger partial charge in [-0.15, -0.1) is 0 Å². The summed E-state index contributed by atoms with van der Waals surface area (Å²) < 4.78 is 26.1. The van der Waals surface area contributed by atoms with Crippen molar-refractivity contribution in [1.82, 2.24) is 15.3 Å². The van der Waals surface area contributed by atoms with E-state index in [9.17, 15) is 33.9 Å². The highest BCUT2D eigenvalue weighted by atomic mass is 16.5. The topological polar surface area (TPSA) is 279 Å². The first-order chi connectivity index (χ1) is 39.3. The van der Waals surface area contributed by atoms with Gasteiger partial charge >= 0.3 is 17.9 Å². The Morgan fingerprint density at radius 3 is 1.06 bits per heavy atom.